The van der Waals surface area contributed by atoms with Crippen molar-refractivity contribution in [2.45, 2.75) is 63.2 Å². The van der Waals surface area contributed by atoms with E-state index in [0.717, 1.165) is 0 Å². The number of nitrogens with one attached hydrogen (secondary N) is 2. The van der Waals surface area contributed by atoms with Gasteiger partial charge in [0.25, 0.3) is 5.56 Å². The first-order chi connectivity index (χ1) is 20.7. The van der Waals surface area contributed by atoms with Crippen LogP contribution in [0.4, 0.5) is 0 Å². The molecule has 2 unspecified atom stereocenters. The zero-order chi connectivity index (χ0) is 33.5. The van der Waals surface area contributed by atoms with Gasteiger partial charge in [0.15, 0.2) is 5.52 Å². The van der Waals surface area contributed by atoms with Crippen LogP contribution in [0.2, 0.25) is 0 Å². The Balaban J connectivity index is 1.73. The molecule has 2 atom stereocenters. The molecule has 36 heavy (non-hydrogen) atoms. The van der Waals surface area contributed by atoms with Crippen LogP contribution in [-0.2, 0) is 23.5 Å². The molecule has 10 nitrogen and oxygen atoms in total. The third kappa shape index (κ3) is 5.47. The van der Waals surface area contributed by atoms with Crippen molar-refractivity contribution in [3.8, 4) is 17.1 Å². The van der Waals surface area contributed by atoms with Gasteiger partial charge in [-0.1, -0.05) is 20.1 Å². The quantitative estimate of drug-likeness (QED) is 0.395. The minimum absolute atomic E-state index is 0.0355. The van der Waals surface area contributed by atoms with Crippen molar-refractivity contribution < 1.29 is 25.5 Å². The number of aromatic amines is 1. The van der Waals surface area contributed by atoms with Crippen LogP contribution in [0.5, 0.6) is 5.75 Å². The van der Waals surface area contributed by atoms with E-state index in [1.165, 1.54) is 34.8 Å². The van der Waals surface area contributed by atoms with E-state index >= 15 is 0 Å². The maximum atomic E-state index is 13.4. The number of benzene rings is 1. The molecule has 3 aromatic rings. The summed E-state index contributed by atoms with van der Waals surface area (Å²) in [5.41, 5.74) is -0.770. The molecule has 0 amide bonds. The molecule has 2 N–H and O–H groups in total. The largest absolute Gasteiger partial charge is 0.493 e. The van der Waals surface area contributed by atoms with E-state index in [1.807, 2.05) is 6.92 Å². The van der Waals surface area contributed by atoms with Gasteiger partial charge in [0.2, 0.25) is 10.0 Å². The SMILES string of the molecule is [2H]C(CC1CCCN1C([2H])([2H])[2H])NS(=O)(=O)c1ccc(OCCC)c(-c2nc3c(CC([2H])([2H])C([2H])([2H])[2H])nn(C)c3c(=O)[nH]2)c1. The number of aryl methyl sites for hydroxylation is 2. The number of rotatable bonds is 11. The van der Waals surface area contributed by atoms with Crippen LogP contribution in [0.1, 0.15) is 63.9 Å². The van der Waals surface area contributed by atoms with E-state index in [0.29, 0.717) is 25.8 Å². The minimum atomic E-state index is -4.32. The van der Waals surface area contributed by atoms with Crippen LogP contribution in [0, 0.1) is 0 Å². The van der Waals surface area contributed by atoms with Gasteiger partial charge in [0, 0.05) is 31.9 Å². The number of nitrogens with zero attached hydrogens (tertiary/aromatic N) is 4. The first-order valence-electron chi connectivity index (χ1n) is 16.3. The molecule has 1 aliphatic rings. The van der Waals surface area contributed by atoms with Crippen LogP contribution in [0.25, 0.3) is 22.4 Å². The van der Waals surface area contributed by atoms with Crippen molar-refractivity contribution >= 4 is 21.1 Å². The number of hydrogen-bond acceptors (Lipinski definition) is 7. The van der Waals surface area contributed by atoms with Gasteiger partial charge in [-0.25, -0.2) is 18.1 Å². The lowest BCUT2D eigenvalue weighted by Crippen LogP contribution is -2.31. The molecule has 0 radical (unpaired) electrons. The second-order valence-electron chi connectivity index (χ2n) is 8.59. The molecule has 1 saturated heterocycles. The molecule has 2 aromatic heterocycles. The van der Waals surface area contributed by atoms with Crippen molar-refractivity contribution in [3.05, 3.63) is 34.2 Å². The van der Waals surface area contributed by atoms with Gasteiger partial charge in [-0.15, -0.1) is 0 Å². The lowest BCUT2D eigenvalue weighted by molar-refractivity contribution is 0.297. The number of aromatic nitrogens is 4. The van der Waals surface area contributed by atoms with Crippen LogP contribution < -0.4 is 15.0 Å². The molecule has 1 aromatic carbocycles. The summed E-state index contributed by atoms with van der Waals surface area (Å²) in [6.45, 7) is -4.23. The molecule has 196 valence electrons. The van der Waals surface area contributed by atoms with Crippen LogP contribution >= 0.6 is 0 Å². The molecule has 3 heterocycles. The van der Waals surface area contributed by atoms with Gasteiger partial charge in [0.05, 0.1) is 22.8 Å². The summed E-state index contributed by atoms with van der Waals surface area (Å²) in [4.78, 5) is 21.3. The fourth-order valence-electron chi connectivity index (χ4n) is 4.22. The van der Waals surface area contributed by atoms with Crippen molar-refractivity contribution in [3.63, 3.8) is 0 Å². The Kier molecular flexibility index (Phi) is 5.21. The highest BCUT2D eigenvalue weighted by molar-refractivity contribution is 7.89. The summed E-state index contributed by atoms with van der Waals surface area (Å²) in [5, 5.41) is 4.16. The van der Waals surface area contributed by atoms with Crippen molar-refractivity contribution in [1.29, 1.82) is 0 Å². The number of sulfonamides is 1. The highest BCUT2D eigenvalue weighted by Gasteiger charge is 2.23. The fraction of sp³-hybridized carbons (Fsp3) is 0.560. The first-order valence-corrected chi connectivity index (χ1v) is 13.2. The Hall–Kier alpha value is -2.76. The predicted molar refractivity (Wildman–Crippen MR) is 140 cm³/mol. The number of fused-ring (bicyclic) bond motifs is 1. The first kappa shape index (κ1) is 16.9. The lowest BCUT2D eigenvalue weighted by atomic mass is 10.1. The number of H-pyrrole nitrogens is 1. The van der Waals surface area contributed by atoms with Gasteiger partial charge in [-0.2, -0.15) is 5.10 Å². The van der Waals surface area contributed by atoms with Gasteiger partial charge in [-0.05, 0) is 63.8 Å². The summed E-state index contributed by atoms with van der Waals surface area (Å²) in [5.74, 6) is 0.0595. The Morgan fingerprint density at radius 3 is 3.03 bits per heavy atom. The van der Waals surface area contributed by atoms with E-state index in [9.17, 15) is 13.2 Å². The Bertz CT molecular complexity index is 1710. The highest BCUT2D eigenvalue weighted by atomic mass is 32.2. The molecule has 11 heteroatoms. The van der Waals surface area contributed by atoms with E-state index < -0.39 is 54.8 Å². The van der Waals surface area contributed by atoms with Crippen LogP contribution in [-0.4, -0.2) is 65.8 Å². The van der Waals surface area contributed by atoms with Crippen LogP contribution in [0.3, 0.4) is 0 Å². The number of hydrogen-bond donors (Lipinski definition) is 2. The average Bonchev–Trinajstić information content (AvgIpc) is 3.50. The summed E-state index contributed by atoms with van der Waals surface area (Å²) in [6.07, 6.45) is -1.63. The maximum absolute atomic E-state index is 13.4. The third-order valence-electron chi connectivity index (χ3n) is 6.00. The Morgan fingerprint density at radius 2 is 2.25 bits per heavy atom. The molecule has 1 fully saturated rings. The summed E-state index contributed by atoms with van der Waals surface area (Å²) in [6, 6.07) is 3.37. The number of likely N-dealkylation sites (tertiary alicyclic amines) is 1. The van der Waals surface area contributed by atoms with Crippen LogP contribution in [0.15, 0.2) is 27.9 Å². The van der Waals surface area contributed by atoms with Gasteiger partial charge in [0.1, 0.15) is 17.1 Å². The molecule has 0 spiro atoms. The second-order valence-corrected chi connectivity index (χ2v) is 10.3. The van der Waals surface area contributed by atoms with E-state index in [-0.39, 0.29) is 51.8 Å². The maximum Gasteiger partial charge on any atom is 0.277 e. The van der Waals surface area contributed by atoms with Gasteiger partial charge >= 0.3 is 0 Å². The number of ether oxygens (including phenoxy) is 1. The van der Waals surface area contributed by atoms with E-state index in [4.69, 9.17) is 17.1 Å². The third-order valence-corrected chi connectivity index (χ3v) is 7.35. The Morgan fingerprint density at radius 1 is 1.39 bits per heavy atom. The topological polar surface area (TPSA) is 122 Å². The zero-order valence-corrected chi connectivity index (χ0v) is 21.0. The van der Waals surface area contributed by atoms with E-state index in [1.54, 1.807) is 0 Å². The average molecular weight is 526 g/mol. The molecule has 4 rings (SSSR count). The molecule has 1 aliphatic heterocycles. The van der Waals surface area contributed by atoms with Crippen molar-refractivity contribution in [2.75, 3.05) is 26.6 Å². The summed E-state index contributed by atoms with van der Waals surface area (Å²) in [7, 11) is -2.89. The smallest absolute Gasteiger partial charge is 0.277 e. The fourth-order valence-corrected chi connectivity index (χ4v) is 5.19. The lowest BCUT2D eigenvalue weighted by Gasteiger charge is -2.19. The zero-order valence-electron chi connectivity index (χ0n) is 29.2. The summed E-state index contributed by atoms with van der Waals surface area (Å²) < 4.78 is 106. The minimum Gasteiger partial charge on any atom is -0.493 e. The molecular formula is C25H36N6O4S. The summed E-state index contributed by atoms with van der Waals surface area (Å²) >= 11 is 0. The van der Waals surface area contributed by atoms with E-state index in [2.05, 4.69) is 19.8 Å². The Labute approximate surface area is 224 Å². The van der Waals surface area contributed by atoms with Gasteiger partial charge < -0.3 is 14.6 Å². The van der Waals surface area contributed by atoms with Crippen molar-refractivity contribution in [1.82, 2.24) is 29.4 Å². The molecule has 0 saturated carbocycles. The molecular weight excluding hydrogens is 480 g/mol. The highest BCUT2D eigenvalue weighted by Crippen LogP contribution is 2.31. The second kappa shape index (κ2) is 11.1. The standard InChI is InChI=1S/C25H36N6O4S/c1-5-8-20-22-23(31(4)29-20)25(32)28-24(27-22)19-16-18(10-11-21(19)35-15-6-2)36(33,34)26-13-12-17-9-7-14-30(17)3/h10-11,16-17,26H,5-9,12-15H2,1-4H3,(H,27,28,32)/i1D3,3D3,5D2,13D. The normalized spacial score (nSPS) is 22.4. The predicted octanol–water partition coefficient (Wildman–Crippen LogP) is 2.83. The molecule has 0 bridgehead atoms. The van der Waals surface area contributed by atoms with Gasteiger partial charge in [-0.3, -0.25) is 9.48 Å². The monoisotopic (exact) mass is 525 g/mol. The molecule has 0 aliphatic carbocycles. The van der Waals surface area contributed by atoms with Crippen molar-refractivity contribution in [2.24, 2.45) is 7.05 Å².